The predicted octanol–water partition coefficient (Wildman–Crippen LogP) is 2.14. The van der Waals surface area contributed by atoms with Gasteiger partial charge in [-0.25, -0.2) is 0 Å². The van der Waals surface area contributed by atoms with Gasteiger partial charge in [-0.05, 0) is 47.3 Å². The number of terminal acetylenes is 1. The highest BCUT2D eigenvalue weighted by Gasteiger charge is 2.65. The number of nitrogens with zero attached hydrogens (tertiary/aromatic N) is 3. The molecule has 13 nitrogen and oxygen atoms in total. The highest BCUT2D eigenvalue weighted by Crippen LogP contribution is 2.53. The summed E-state index contributed by atoms with van der Waals surface area (Å²) in [5.41, 5.74) is 0.550. The SMILES string of the molecule is C#CCOCCOc1cc(C2(C(F)(F)F)N=N2)ccc1C(=O)NCCOCCOCCOc1ccc2cc3[n+](cc2c1OC)CCc1cc2c(cc1-3)OCO2.[Cl-]. The summed E-state index contributed by atoms with van der Waals surface area (Å²) in [4.78, 5) is 12.9. The quantitative estimate of drug-likeness (QED) is 0.0915. The van der Waals surface area contributed by atoms with Crippen molar-refractivity contribution in [2.75, 3.05) is 73.3 Å². The number of methoxy groups -OCH3 is 1. The van der Waals surface area contributed by atoms with Crippen molar-refractivity contribution < 1.29 is 72.8 Å². The van der Waals surface area contributed by atoms with E-state index in [1.54, 1.807) is 7.11 Å². The van der Waals surface area contributed by atoms with Crippen LogP contribution in [0, 0.1) is 12.3 Å². The van der Waals surface area contributed by atoms with Crippen molar-refractivity contribution >= 4 is 16.7 Å². The van der Waals surface area contributed by atoms with Crippen LogP contribution in [0.15, 0.2) is 65.0 Å². The number of amides is 1. The molecule has 0 spiro atoms. The standard InChI is InChI=1S/C39H37F3N4O9.ClH/c1-3-11-49-15-18-53-33-21-27(38(44-45-38)39(40,41)42)5-6-28(33)37(47)43-9-12-50-13-14-51-16-17-52-32-7-4-25-19-31-29-22-35-34(54-24-55-35)20-26(29)8-10-46(31)23-30(25)36(32)48-2;/h1,4-7,19-23H,8-18,24H2,2H3;1H. The molecule has 0 aliphatic carbocycles. The number of benzene rings is 3. The van der Waals surface area contributed by atoms with E-state index in [0.29, 0.717) is 18.1 Å². The number of alkyl halides is 3. The molecule has 1 amide bonds. The molecule has 56 heavy (non-hydrogen) atoms. The van der Waals surface area contributed by atoms with Crippen molar-refractivity contribution in [1.82, 2.24) is 5.32 Å². The lowest BCUT2D eigenvalue weighted by atomic mass is 9.95. The number of pyridine rings is 1. The number of ether oxygens (including phenoxy) is 8. The Morgan fingerprint density at radius 2 is 1.64 bits per heavy atom. The maximum Gasteiger partial charge on any atom is 0.442 e. The molecule has 0 saturated carbocycles. The van der Waals surface area contributed by atoms with Gasteiger partial charge in [-0.3, -0.25) is 4.79 Å². The third-order valence-corrected chi connectivity index (χ3v) is 9.16. The number of carbonyl (C=O) groups excluding carboxylic acids is 1. The molecular formula is C39H38ClF3N4O9. The second-order valence-corrected chi connectivity index (χ2v) is 12.6. The summed E-state index contributed by atoms with van der Waals surface area (Å²) >= 11 is 0. The van der Waals surface area contributed by atoms with Gasteiger partial charge in [-0.1, -0.05) is 12.0 Å². The molecule has 7 rings (SSSR count). The van der Waals surface area contributed by atoms with Crippen LogP contribution in [0.3, 0.4) is 0 Å². The van der Waals surface area contributed by atoms with Gasteiger partial charge in [0.15, 0.2) is 35.7 Å². The van der Waals surface area contributed by atoms with E-state index in [2.05, 4.69) is 44.4 Å². The summed E-state index contributed by atoms with van der Waals surface area (Å²) in [5, 5.41) is 11.1. The number of rotatable bonds is 18. The van der Waals surface area contributed by atoms with Gasteiger partial charge in [0.1, 0.15) is 25.6 Å². The lowest BCUT2D eigenvalue weighted by Gasteiger charge is -2.18. The van der Waals surface area contributed by atoms with Crippen molar-refractivity contribution in [2.45, 2.75) is 24.8 Å². The Hall–Kier alpha value is -5.34. The number of fused-ring (bicyclic) bond motifs is 5. The van der Waals surface area contributed by atoms with Crippen molar-refractivity contribution in [1.29, 1.82) is 0 Å². The van der Waals surface area contributed by atoms with Gasteiger partial charge in [0.25, 0.3) is 5.91 Å². The highest BCUT2D eigenvalue weighted by atomic mass is 35.5. The van der Waals surface area contributed by atoms with Gasteiger partial charge in [-0.2, -0.15) is 17.7 Å². The van der Waals surface area contributed by atoms with Gasteiger partial charge in [-0.15, -0.1) is 16.7 Å². The van der Waals surface area contributed by atoms with Crippen LogP contribution in [-0.4, -0.2) is 85.4 Å². The van der Waals surface area contributed by atoms with Gasteiger partial charge < -0.3 is 55.6 Å². The van der Waals surface area contributed by atoms with Gasteiger partial charge in [0, 0.05) is 24.6 Å². The largest absolute Gasteiger partial charge is 1.00 e. The molecule has 4 heterocycles. The molecular weight excluding hydrogens is 761 g/mol. The lowest BCUT2D eigenvalue weighted by molar-refractivity contribution is -0.686. The summed E-state index contributed by atoms with van der Waals surface area (Å²) < 4.78 is 88.0. The second kappa shape index (κ2) is 17.6. The molecule has 17 heteroatoms. The minimum atomic E-state index is -4.73. The van der Waals surface area contributed by atoms with Gasteiger partial charge in [0.2, 0.25) is 12.5 Å². The monoisotopic (exact) mass is 798 g/mol. The number of aromatic nitrogens is 1. The van der Waals surface area contributed by atoms with E-state index in [-0.39, 0.29) is 88.9 Å². The maximum atomic E-state index is 13.6. The molecule has 3 aromatic carbocycles. The molecule has 0 atom stereocenters. The normalized spacial score (nSPS) is 14.3. The highest BCUT2D eigenvalue weighted by molar-refractivity contribution is 5.97. The molecule has 0 saturated heterocycles. The summed E-state index contributed by atoms with van der Waals surface area (Å²) in [6.45, 7) is 2.54. The first-order valence-corrected chi connectivity index (χ1v) is 17.6. The van der Waals surface area contributed by atoms with E-state index in [1.807, 2.05) is 18.2 Å². The second-order valence-electron chi connectivity index (χ2n) is 12.6. The molecule has 0 unspecified atom stereocenters. The van der Waals surface area contributed by atoms with E-state index >= 15 is 0 Å². The van der Waals surface area contributed by atoms with Crippen LogP contribution < -0.4 is 46.0 Å². The number of hydrogen-bond donors (Lipinski definition) is 1. The van der Waals surface area contributed by atoms with Crippen LogP contribution in [-0.2, 0) is 32.8 Å². The van der Waals surface area contributed by atoms with Gasteiger partial charge in [0.05, 0.1) is 56.7 Å². The molecule has 1 aromatic heterocycles. The van der Waals surface area contributed by atoms with Crippen molar-refractivity contribution in [3.8, 4) is 52.3 Å². The van der Waals surface area contributed by atoms with Crippen molar-refractivity contribution in [3.63, 3.8) is 0 Å². The molecule has 0 fully saturated rings. The third kappa shape index (κ3) is 8.56. The number of nitrogens with one attached hydrogen (secondary N) is 1. The topological polar surface area (TPSA) is 132 Å². The first-order chi connectivity index (χ1) is 26.7. The molecule has 3 aliphatic rings. The lowest BCUT2D eigenvalue weighted by Crippen LogP contribution is -3.00. The number of hydrogen-bond acceptors (Lipinski definition) is 11. The predicted molar refractivity (Wildman–Crippen MR) is 190 cm³/mol. The molecule has 3 aliphatic heterocycles. The molecule has 0 radical (unpaired) electrons. The van der Waals surface area contributed by atoms with E-state index < -0.39 is 17.7 Å². The van der Waals surface area contributed by atoms with Crippen LogP contribution >= 0.6 is 0 Å². The molecule has 296 valence electrons. The van der Waals surface area contributed by atoms with E-state index in [1.165, 1.54) is 11.6 Å². The Kier molecular flexibility index (Phi) is 12.7. The molecule has 1 N–H and O–H groups in total. The maximum absolute atomic E-state index is 13.6. The fourth-order valence-corrected chi connectivity index (χ4v) is 6.42. The summed E-state index contributed by atoms with van der Waals surface area (Å²) in [5.74, 6) is 4.45. The number of carbonyl (C=O) groups is 1. The Morgan fingerprint density at radius 3 is 2.38 bits per heavy atom. The zero-order chi connectivity index (χ0) is 38.4. The van der Waals surface area contributed by atoms with Crippen LogP contribution in [0.2, 0.25) is 0 Å². The Morgan fingerprint density at radius 1 is 0.929 bits per heavy atom. The van der Waals surface area contributed by atoms with E-state index in [4.69, 9.17) is 44.3 Å². The Labute approximate surface area is 326 Å². The average Bonchev–Trinajstić information content (AvgIpc) is 3.89. The molecule has 0 bridgehead atoms. The first-order valence-electron chi connectivity index (χ1n) is 17.6. The van der Waals surface area contributed by atoms with E-state index in [9.17, 15) is 18.0 Å². The van der Waals surface area contributed by atoms with E-state index in [0.717, 1.165) is 58.6 Å². The zero-order valence-corrected chi connectivity index (χ0v) is 31.0. The van der Waals surface area contributed by atoms with Crippen molar-refractivity contribution in [3.05, 3.63) is 71.4 Å². The molecule has 4 aromatic rings. The smallest absolute Gasteiger partial charge is 0.442 e. The average molecular weight is 799 g/mol. The van der Waals surface area contributed by atoms with Gasteiger partial charge >= 0.3 is 11.8 Å². The minimum Gasteiger partial charge on any atom is -1.00 e. The van der Waals surface area contributed by atoms with Crippen LogP contribution in [0.25, 0.3) is 22.0 Å². The van der Waals surface area contributed by atoms with Crippen molar-refractivity contribution in [2.24, 2.45) is 10.2 Å². The first kappa shape index (κ1) is 40.3. The Bertz CT molecular complexity index is 2140. The summed E-state index contributed by atoms with van der Waals surface area (Å²) in [6.07, 6.45) is 3.38. The summed E-state index contributed by atoms with van der Waals surface area (Å²) in [6, 6.07) is 13.7. The minimum absolute atomic E-state index is 0. The fraction of sp³-hybridized carbons (Fsp3) is 0.385. The zero-order valence-electron chi connectivity index (χ0n) is 30.3. The van der Waals surface area contributed by atoms with Crippen LogP contribution in [0.1, 0.15) is 21.5 Å². The summed E-state index contributed by atoms with van der Waals surface area (Å²) in [7, 11) is 1.62. The fourth-order valence-electron chi connectivity index (χ4n) is 6.42. The Balaban J connectivity index is 0.00000532. The third-order valence-electron chi connectivity index (χ3n) is 9.16. The van der Waals surface area contributed by atoms with Crippen LogP contribution in [0.4, 0.5) is 13.2 Å². The number of halogens is 4. The number of aryl methyl sites for hydroxylation is 2. The van der Waals surface area contributed by atoms with Crippen LogP contribution in [0.5, 0.6) is 28.7 Å².